The van der Waals surface area contributed by atoms with E-state index in [2.05, 4.69) is 5.32 Å². The minimum atomic E-state index is -3.70. The highest BCUT2D eigenvalue weighted by Gasteiger charge is 2.35. The summed E-state index contributed by atoms with van der Waals surface area (Å²) in [7, 11) is -3.70. The molecule has 0 radical (unpaired) electrons. The van der Waals surface area contributed by atoms with E-state index in [9.17, 15) is 18.0 Å². The fourth-order valence-electron chi connectivity index (χ4n) is 4.84. The van der Waals surface area contributed by atoms with E-state index in [1.165, 1.54) is 4.31 Å². The van der Waals surface area contributed by atoms with Crippen LogP contribution in [0.4, 0.5) is 5.69 Å². The lowest BCUT2D eigenvalue weighted by Crippen LogP contribution is -2.49. The van der Waals surface area contributed by atoms with Gasteiger partial charge in [0.05, 0.1) is 20.6 Å². The van der Waals surface area contributed by atoms with Crippen molar-refractivity contribution in [2.45, 2.75) is 57.0 Å². The van der Waals surface area contributed by atoms with E-state index in [-0.39, 0.29) is 36.2 Å². The zero-order chi connectivity index (χ0) is 27.4. The average Bonchev–Trinajstić information content (AvgIpc) is 3.12. The van der Waals surface area contributed by atoms with Crippen LogP contribution in [0.5, 0.6) is 0 Å². The van der Waals surface area contributed by atoms with Crippen LogP contribution in [-0.4, -0.2) is 44.3 Å². The molecule has 1 aliphatic rings. The molecule has 10 heteroatoms. The molecule has 0 fully saturated rings. The molecule has 0 aromatic heterocycles. The maximum absolute atomic E-state index is 13.5. The Balaban J connectivity index is 1.52. The predicted octanol–water partition coefficient (Wildman–Crippen LogP) is 5.77. The third-order valence-corrected chi connectivity index (χ3v) is 9.30. The molecule has 1 N–H and O–H groups in total. The highest BCUT2D eigenvalue weighted by Crippen LogP contribution is 2.42. The molecule has 0 saturated carbocycles. The Morgan fingerprint density at radius 3 is 2.45 bits per heavy atom. The molecule has 3 aromatic rings. The largest absolute Gasteiger partial charge is 0.354 e. The second-order valence-corrected chi connectivity index (χ2v) is 11.9. The molecule has 1 heterocycles. The van der Waals surface area contributed by atoms with Gasteiger partial charge in [-0.1, -0.05) is 67.4 Å². The number of benzene rings is 3. The first kappa shape index (κ1) is 28.2. The number of nitrogens with one attached hydrogen (secondary N) is 1. The van der Waals surface area contributed by atoms with Crippen LogP contribution in [0.15, 0.2) is 59.5 Å². The van der Waals surface area contributed by atoms with Crippen molar-refractivity contribution in [1.29, 1.82) is 0 Å². The monoisotopic (exact) mass is 575 g/mol. The normalized spacial score (nSPS) is 14.5. The van der Waals surface area contributed by atoms with Crippen molar-refractivity contribution in [3.05, 3.63) is 70.2 Å². The van der Waals surface area contributed by atoms with Gasteiger partial charge in [0.15, 0.2) is 0 Å². The molecule has 4 rings (SSSR count). The van der Waals surface area contributed by atoms with E-state index in [1.54, 1.807) is 41.3 Å². The van der Waals surface area contributed by atoms with Crippen molar-refractivity contribution < 1.29 is 18.0 Å². The van der Waals surface area contributed by atoms with Gasteiger partial charge in [-0.05, 0) is 54.5 Å². The number of nitrogens with zero attached hydrogens (tertiary/aromatic N) is 2. The summed E-state index contributed by atoms with van der Waals surface area (Å²) in [4.78, 5) is 28.3. The minimum Gasteiger partial charge on any atom is -0.354 e. The molecule has 0 saturated heterocycles. The first-order valence-electron chi connectivity index (χ1n) is 12.7. The van der Waals surface area contributed by atoms with Crippen LogP contribution in [0.1, 0.15) is 45.1 Å². The van der Waals surface area contributed by atoms with Gasteiger partial charge >= 0.3 is 0 Å². The standard InChI is InChI=1S/C28H31Cl2N3O4S/c1-3-15-31-28(35)23(4-2)32(18-19-13-14-21(29)22(30)17-19)26(34)12-7-16-33-24-10-5-8-20-9-6-11-25(27(20)24)38(33,36)37/h5-6,8-11,13-14,17,23H,3-4,7,12,15-16,18H2,1-2H3,(H,31,35)/t23-/m0/s1. The van der Waals surface area contributed by atoms with E-state index in [0.717, 1.165) is 17.4 Å². The molecule has 202 valence electrons. The van der Waals surface area contributed by atoms with Crippen molar-refractivity contribution in [2.75, 3.05) is 17.4 Å². The summed E-state index contributed by atoms with van der Waals surface area (Å²) >= 11 is 12.3. The molecule has 2 amide bonds. The van der Waals surface area contributed by atoms with Crippen LogP contribution < -0.4 is 9.62 Å². The van der Waals surface area contributed by atoms with Crippen LogP contribution in [-0.2, 0) is 26.2 Å². The summed E-state index contributed by atoms with van der Waals surface area (Å²) in [5.74, 6) is -0.450. The molecule has 0 spiro atoms. The third kappa shape index (κ3) is 5.63. The van der Waals surface area contributed by atoms with E-state index in [4.69, 9.17) is 23.2 Å². The molecule has 0 bridgehead atoms. The first-order chi connectivity index (χ1) is 18.2. The number of hydrogen-bond donors (Lipinski definition) is 1. The summed E-state index contributed by atoms with van der Waals surface area (Å²) in [6.45, 7) is 4.68. The van der Waals surface area contributed by atoms with Gasteiger partial charge in [-0.15, -0.1) is 0 Å². The van der Waals surface area contributed by atoms with Crippen LogP contribution >= 0.6 is 23.2 Å². The number of anilines is 1. The quantitative estimate of drug-likeness (QED) is 0.314. The molecular weight excluding hydrogens is 545 g/mol. The number of carbonyl (C=O) groups excluding carboxylic acids is 2. The van der Waals surface area contributed by atoms with Gasteiger partial charge in [0.25, 0.3) is 10.0 Å². The van der Waals surface area contributed by atoms with Gasteiger partial charge in [-0.3, -0.25) is 13.9 Å². The Morgan fingerprint density at radius 1 is 1.03 bits per heavy atom. The van der Waals surface area contributed by atoms with Gasteiger partial charge in [0.2, 0.25) is 11.8 Å². The van der Waals surface area contributed by atoms with Crippen molar-refractivity contribution in [1.82, 2.24) is 10.2 Å². The maximum Gasteiger partial charge on any atom is 0.265 e. The van der Waals surface area contributed by atoms with Crippen LogP contribution in [0.25, 0.3) is 10.8 Å². The number of rotatable bonds is 11. The Kier molecular flexibility index (Phi) is 8.85. The molecule has 3 aromatic carbocycles. The van der Waals surface area contributed by atoms with Gasteiger partial charge < -0.3 is 10.2 Å². The molecule has 1 aliphatic heterocycles. The Labute approximate surface area is 233 Å². The van der Waals surface area contributed by atoms with E-state index in [0.29, 0.717) is 40.5 Å². The van der Waals surface area contributed by atoms with E-state index < -0.39 is 16.1 Å². The summed E-state index contributed by atoms with van der Waals surface area (Å²) in [6.07, 6.45) is 1.59. The van der Waals surface area contributed by atoms with Crippen LogP contribution in [0, 0.1) is 0 Å². The smallest absolute Gasteiger partial charge is 0.265 e. The lowest BCUT2D eigenvalue weighted by molar-refractivity contribution is -0.141. The number of carbonyl (C=O) groups is 2. The zero-order valence-electron chi connectivity index (χ0n) is 21.4. The van der Waals surface area contributed by atoms with Crippen molar-refractivity contribution in [3.63, 3.8) is 0 Å². The molecule has 0 aliphatic carbocycles. The summed E-state index contributed by atoms with van der Waals surface area (Å²) in [5.41, 5.74) is 1.38. The average molecular weight is 577 g/mol. The zero-order valence-corrected chi connectivity index (χ0v) is 23.7. The number of hydrogen-bond acceptors (Lipinski definition) is 4. The van der Waals surface area contributed by atoms with Gasteiger partial charge in [0, 0.05) is 31.4 Å². The van der Waals surface area contributed by atoms with Crippen LogP contribution in [0.2, 0.25) is 10.0 Å². The molecule has 38 heavy (non-hydrogen) atoms. The van der Waals surface area contributed by atoms with Crippen LogP contribution in [0.3, 0.4) is 0 Å². The number of halogens is 2. The van der Waals surface area contributed by atoms with Crippen molar-refractivity contribution in [3.8, 4) is 0 Å². The highest BCUT2D eigenvalue weighted by atomic mass is 35.5. The Bertz CT molecular complexity index is 1460. The van der Waals surface area contributed by atoms with Crippen molar-refractivity contribution >= 4 is 61.5 Å². The number of amides is 2. The fraction of sp³-hybridized carbons (Fsp3) is 0.357. The first-order valence-corrected chi connectivity index (χ1v) is 14.9. The predicted molar refractivity (Wildman–Crippen MR) is 152 cm³/mol. The second-order valence-electron chi connectivity index (χ2n) is 9.30. The summed E-state index contributed by atoms with van der Waals surface area (Å²) < 4.78 is 27.9. The Morgan fingerprint density at radius 2 is 1.76 bits per heavy atom. The lowest BCUT2D eigenvalue weighted by Gasteiger charge is -2.31. The topological polar surface area (TPSA) is 86.8 Å². The summed E-state index contributed by atoms with van der Waals surface area (Å²) in [6, 6.07) is 15.2. The molecule has 0 unspecified atom stereocenters. The van der Waals surface area contributed by atoms with E-state index >= 15 is 0 Å². The molecule has 7 nitrogen and oxygen atoms in total. The minimum absolute atomic E-state index is 0.0806. The fourth-order valence-corrected chi connectivity index (χ4v) is 6.91. The van der Waals surface area contributed by atoms with Gasteiger partial charge in [0.1, 0.15) is 6.04 Å². The maximum atomic E-state index is 13.5. The molecule has 1 atom stereocenters. The highest BCUT2D eigenvalue weighted by molar-refractivity contribution is 7.93. The Hall–Kier alpha value is -2.81. The second kappa shape index (κ2) is 11.9. The number of sulfonamides is 1. The van der Waals surface area contributed by atoms with Gasteiger partial charge in [-0.2, -0.15) is 0 Å². The van der Waals surface area contributed by atoms with E-state index in [1.807, 2.05) is 32.0 Å². The SMILES string of the molecule is CCCNC(=O)[C@H](CC)N(Cc1ccc(Cl)c(Cl)c1)C(=O)CCCN1c2cccc3cccc(c23)S1(=O)=O. The van der Waals surface area contributed by atoms with Crippen molar-refractivity contribution in [2.24, 2.45) is 0 Å². The third-order valence-electron chi connectivity index (χ3n) is 6.71. The lowest BCUT2D eigenvalue weighted by atomic mass is 10.1. The van der Waals surface area contributed by atoms with Gasteiger partial charge in [-0.25, -0.2) is 8.42 Å². The molecular formula is C28H31Cl2N3O4S. The summed E-state index contributed by atoms with van der Waals surface area (Å²) in [5, 5.41) is 5.23.